The third kappa shape index (κ3) is 31.8. The van der Waals surface area contributed by atoms with Crippen LogP contribution >= 0.6 is 0 Å². The largest absolute Gasteiger partial charge is 2.00 e. The zero-order valence-corrected chi connectivity index (χ0v) is 13.7. The second-order valence-corrected chi connectivity index (χ2v) is 4.37. The summed E-state index contributed by atoms with van der Waals surface area (Å²) in [6.07, 6.45) is 8.59. The molecule has 0 aromatic carbocycles. The van der Waals surface area contributed by atoms with Crippen molar-refractivity contribution in [2.24, 2.45) is 0 Å². The van der Waals surface area contributed by atoms with Gasteiger partial charge in [-0.1, -0.05) is 52.4 Å². The first-order chi connectivity index (χ1) is 8.54. The summed E-state index contributed by atoms with van der Waals surface area (Å²) in [6, 6.07) is 0. The number of unbranched alkanes of at least 4 members (excludes halogenated alkanes) is 6. The van der Waals surface area contributed by atoms with Gasteiger partial charge in [-0.25, -0.2) is 0 Å². The van der Waals surface area contributed by atoms with Gasteiger partial charge in [0.05, 0.1) is 0 Å². The number of carboxylic acid groups (broad SMARTS) is 2. The normalized spacial score (nSPS) is 8.95. The molecule has 0 aliphatic rings. The van der Waals surface area contributed by atoms with Crippen molar-refractivity contribution in [1.82, 2.24) is 0 Å². The molecule has 0 atom stereocenters. The second-order valence-electron chi connectivity index (χ2n) is 4.37. The number of carbonyl (C=O) groups excluding carboxylic acids is 2. The maximum absolute atomic E-state index is 9.85. The Labute approximate surface area is 129 Å². The van der Waals surface area contributed by atoms with Gasteiger partial charge in [0.15, 0.2) is 0 Å². The van der Waals surface area contributed by atoms with E-state index in [0.717, 1.165) is 51.4 Å². The molecule has 0 heterocycles. The summed E-state index contributed by atoms with van der Waals surface area (Å²) in [5.74, 6) is -1.85. The van der Waals surface area contributed by atoms with Gasteiger partial charge in [-0.2, -0.15) is 0 Å². The molecule has 0 fully saturated rings. The fraction of sp³-hybridized carbons (Fsp3) is 0.857. The van der Waals surface area contributed by atoms with E-state index in [1.54, 1.807) is 0 Å². The van der Waals surface area contributed by atoms with E-state index in [0.29, 0.717) is 0 Å². The molecular formula is C14H26O4Rh. The molecule has 1 radical (unpaired) electrons. The Morgan fingerprint density at radius 3 is 1.21 bits per heavy atom. The zero-order valence-electron chi connectivity index (χ0n) is 12.0. The summed E-state index contributed by atoms with van der Waals surface area (Å²) >= 11 is 0. The van der Waals surface area contributed by atoms with E-state index in [1.165, 1.54) is 0 Å². The number of hydrogen-bond donors (Lipinski definition) is 0. The fourth-order valence-electron chi connectivity index (χ4n) is 1.39. The van der Waals surface area contributed by atoms with E-state index in [4.69, 9.17) is 0 Å². The maximum Gasteiger partial charge on any atom is 2.00 e. The molecule has 115 valence electrons. The average Bonchev–Trinajstić information content (AvgIpc) is 2.31. The van der Waals surface area contributed by atoms with Gasteiger partial charge in [0.25, 0.3) is 0 Å². The fourth-order valence-corrected chi connectivity index (χ4v) is 1.39. The van der Waals surface area contributed by atoms with E-state index < -0.39 is 11.9 Å². The predicted molar refractivity (Wildman–Crippen MR) is 67.5 cm³/mol. The van der Waals surface area contributed by atoms with Crippen molar-refractivity contribution in [3.63, 3.8) is 0 Å². The zero-order chi connectivity index (χ0) is 14.2. The number of carboxylic acids is 2. The van der Waals surface area contributed by atoms with E-state index in [9.17, 15) is 19.8 Å². The van der Waals surface area contributed by atoms with Gasteiger partial charge in [0, 0.05) is 11.9 Å². The quantitative estimate of drug-likeness (QED) is 0.435. The topological polar surface area (TPSA) is 80.3 Å². The number of carbonyl (C=O) groups is 2. The Bertz CT molecular complexity index is 186. The molecule has 0 spiro atoms. The van der Waals surface area contributed by atoms with Gasteiger partial charge in [0.1, 0.15) is 0 Å². The summed E-state index contributed by atoms with van der Waals surface area (Å²) in [4.78, 5) is 19.7. The van der Waals surface area contributed by atoms with Crippen molar-refractivity contribution in [2.45, 2.75) is 78.1 Å². The molecule has 0 rings (SSSR count). The van der Waals surface area contributed by atoms with Gasteiger partial charge in [0.2, 0.25) is 0 Å². The first-order valence-corrected chi connectivity index (χ1v) is 6.94. The average molecular weight is 361 g/mol. The van der Waals surface area contributed by atoms with Crippen molar-refractivity contribution in [3.8, 4) is 0 Å². The smallest absolute Gasteiger partial charge is 0.550 e. The summed E-state index contributed by atoms with van der Waals surface area (Å²) in [5.41, 5.74) is 0. The van der Waals surface area contributed by atoms with Crippen LogP contribution in [0.2, 0.25) is 0 Å². The molecule has 0 saturated heterocycles. The molecule has 0 aliphatic heterocycles. The molecule has 0 saturated carbocycles. The standard InChI is InChI=1S/2C7H14O2.Rh/c2*1-2-3-4-5-6-7(8)9;/h2*2-6H2,1H3,(H,8,9);/q;;+2/p-2. The molecular weight excluding hydrogens is 335 g/mol. The number of rotatable bonds is 10. The van der Waals surface area contributed by atoms with Crippen LogP contribution in [0.1, 0.15) is 78.1 Å². The minimum absolute atomic E-state index is 0. The van der Waals surface area contributed by atoms with Gasteiger partial charge < -0.3 is 19.8 Å². The number of aliphatic carboxylic acids is 2. The minimum Gasteiger partial charge on any atom is -0.550 e. The molecule has 4 nitrogen and oxygen atoms in total. The maximum atomic E-state index is 9.85. The molecule has 19 heavy (non-hydrogen) atoms. The van der Waals surface area contributed by atoms with E-state index in [1.807, 2.05) is 0 Å². The molecule has 0 aliphatic carbocycles. The van der Waals surface area contributed by atoms with Gasteiger partial charge in [-0.15, -0.1) is 0 Å². The van der Waals surface area contributed by atoms with Crippen molar-refractivity contribution in [1.29, 1.82) is 0 Å². The summed E-state index contributed by atoms with van der Waals surface area (Å²) in [7, 11) is 0. The van der Waals surface area contributed by atoms with Crippen LogP contribution in [0, 0.1) is 0 Å². The minimum atomic E-state index is -0.925. The molecule has 0 unspecified atom stereocenters. The summed E-state index contributed by atoms with van der Waals surface area (Å²) in [6.45, 7) is 4.19. The van der Waals surface area contributed by atoms with Crippen LogP contribution in [-0.4, -0.2) is 11.9 Å². The summed E-state index contributed by atoms with van der Waals surface area (Å²) in [5, 5.41) is 19.7. The Morgan fingerprint density at radius 1 is 0.684 bits per heavy atom. The van der Waals surface area contributed by atoms with Crippen molar-refractivity contribution in [2.75, 3.05) is 0 Å². The van der Waals surface area contributed by atoms with Crippen molar-refractivity contribution < 1.29 is 39.3 Å². The molecule has 0 N–H and O–H groups in total. The Morgan fingerprint density at radius 2 is 1.00 bits per heavy atom. The third-order valence-electron chi connectivity index (χ3n) is 2.47. The molecule has 5 heteroatoms. The van der Waals surface area contributed by atoms with Crippen LogP contribution in [0.5, 0.6) is 0 Å². The van der Waals surface area contributed by atoms with E-state index in [-0.39, 0.29) is 32.3 Å². The second kappa shape index (κ2) is 19.9. The monoisotopic (exact) mass is 361 g/mol. The number of hydrogen-bond acceptors (Lipinski definition) is 4. The third-order valence-corrected chi connectivity index (χ3v) is 2.47. The first-order valence-electron chi connectivity index (χ1n) is 6.94. The first kappa shape index (κ1) is 23.6. The summed E-state index contributed by atoms with van der Waals surface area (Å²) < 4.78 is 0. The van der Waals surface area contributed by atoms with Crippen molar-refractivity contribution >= 4 is 11.9 Å². The van der Waals surface area contributed by atoms with Gasteiger partial charge in [-0.05, 0) is 25.7 Å². The van der Waals surface area contributed by atoms with Crippen LogP contribution in [0.4, 0.5) is 0 Å². The van der Waals surface area contributed by atoms with Crippen molar-refractivity contribution in [3.05, 3.63) is 0 Å². The van der Waals surface area contributed by atoms with Crippen LogP contribution in [0.25, 0.3) is 0 Å². The molecule has 0 aromatic heterocycles. The predicted octanol–water partition coefficient (Wildman–Crippen LogP) is 1.41. The van der Waals surface area contributed by atoms with Crippen LogP contribution in [0.3, 0.4) is 0 Å². The Kier molecular flexibility index (Phi) is 24.8. The van der Waals surface area contributed by atoms with E-state index in [2.05, 4.69) is 13.8 Å². The van der Waals surface area contributed by atoms with Gasteiger partial charge in [-0.3, -0.25) is 0 Å². The van der Waals surface area contributed by atoms with Gasteiger partial charge >= 0.3 is 19.5 Å². The molecule has 0 amide bonds. The molecule has 0 aromatic rings. The Balaban J connectivity index is -0.000000256. The molecule has 0 bridgehead atoms. The van der Waals surface area contributed by atoms with E-state index >= 15 is 0 Å². The van der Waals surface area contributed by atoms with Crippen LogP contribution in [-0.2, 0) is 29.1 Å². The van der Waals surface area contributed by atoms with Crippen LogP contribution < -0.4 is 10.2 Å². The SMILES string of the molecule is CCCCCCC(=O)[O-].CCCCCCC(=O)[O-].[Rh+2]. The van der Waals surface area contributed by atoms with Crippen LogP contribution in [0.15, 0.2) is 0 Å². The Hall–Kier alpha value is -0.437.